The summed E-state index contributed by atoms with van der Waals surface area (Å²) in [4.78, 5) is 14.9. The molecule has 0 radical (unpaired) electrons. The van der Waals surface area contributed by atoms with E-state index in [0.717, 1.165) is 35.0 Å². The molecule has 2 heteroatoms. The average Bonchev–Trinajstić information content (AvgIpc) is 2.99. The molecule has 0 aliphatic carbocycles. The predicted molar refractivity (Wildman–Crippen MR) is 90.5 cm³/mol. The fraction of sp³-hybridized carbons (Fsp3) is 0.150. The molecule has 2 nitrogen and oxygen atoms in total. The van der Waals surface area contributed by atoms with Gasteiger partial charge in [-0.15, -0.1) is 0 Å². The number of aryl methyl sites for hydroxylation is 1. The van der Waals surface area contributed by atoms with Crippen LogP contribution in [0.25, 0.3) is 10.8 Å². The van der Waals surface area contributed by atoms with Crippen LogP contribution in [0.1, 0.15) is 21.5 Å². The maximum Gasteiger partial charge on any atom is 0.258 e. The summed E-state index contributed by atoms with van der Waals surface area (Å²) >= 11 is 0. The third-order valence-electron chi connectivity index (χ3n) is 4.44. The van der Waals surface area contributed by atoms with Gasteiger partial charge in [-0.3, -0.25) is 4.79 Å². The molecule has 1 aliphatic heterocycles. The molecule has 0 spiro atoms. The predicted octanol–water partition coefficient (Wildman–Crippen LogP) is 4.35. The maximum atomic E-state index is 12.9. The number of nitrogens with zero attached hydrogens (tertiary/aromatic N) is 1. The molecule has 0 unspecified atom stereocenters. The SMILES string of the molecule is Cc1cccc2c1N(C(=O)c1ccc3ccccc3c1)CC2. The number of carbonyl (C=O) groups is 1. The molecule has 0 fully saturated rings. The lowest BCUT2D eigenvalue weighted by atomic mass is 10.1. The topological polar surface area (TPSA) is 20.3 Å². The first kappa shape index (κ1) is 13.1. The van der Waals surface area contributed by atoms with Crippen LogP contribution < -0.4 is 4.90 Å². The van der Waals surface area contributed by atoms with Gasteiger partial charge in [0.2, 0.25) is 0 Å². The van der Waals surface area contributed by atoms with Crippen LogP contribution in [0.3, 0.4) is 0 Å². The van der Waals surface area contributed by atoms with E-state index in [1.807, 2.05) is 35.2 Å². The van der Waals surface area contributed by atoms with Gasteiger partial charge in [-0.25, -0.2) is 0 Å². The Bertz CT molecular complexity index is 882. The van der Waals surface area contributed by atoms with E-state index in [-0.39, 0.29) is 5.91 Å². The van der Waals surface area contributed by atoms with E-state index in [2.05, 4.69) is 37.3 Å². The first-order valence-corrected chi connectivity index (χ1v) is 7.63. The van der Waals surface area contributed by atoms with Gasteiger partial charge in [0, 0.05) is 12.1 Å². The van der Waals surface area contributed by atoms with Crippen molar-refractivity contribution in [3.63, 3.8) is 0 Å². The number of para-hydroxylation sites is 1. The Morgan fingerprint density at radius 1 is 0.955 bits per heavy atom. The monoisotopic (exact) mass is 287 g/mol. The number of anilines is 1. The molecule has 22 heavy (non-hydrogen) atoms. The van der Waals surface area contributed by atoms with Gasteiger partial charge in [0.05, 0.1) is 5.69 Å². The van der Waals surface area contributed by atoms with Crippen molar-refractivity contribution in [2.75, 3.05) is 11.4 Å². The van der Waals surface area contributed by atoms with Crippen LogP contribution in [0, 0.1) is 6.92 Å². The number of hydrogen-bond donors (Lipinski definition) is 0. The molecule has 0 N–H and O–H groups in total. The summed E-state index contributed by atoms with van der Waals surface area (Å²) in [6.07, 6.45) is 0.941. The van der Waals surface area contributed by atoms with Gasteiger partial charge in [-0.2, -0.15) is 0 Å². The second kappa shape index (κ2) is 4.99. The summed E-state index contributed by atoms with van der Waals surface area (Å²) in [5.74, 6) is 0.0961. The molecule has 108 valence electrons. The van der Waals surface area contributed by atoms with Gasteiger partial charge < -0.3 is 4.90 Å². The Morgan fingerprint density at radius 3 is 2.64 bits per heavy atom. The Kier molecular flexibility index (Phi) is 2.97. The fourth-order valence-corrected chi connectivity index (χ4v) is 3.33. The van der Waals surface area contributed by atoms with E-state index < -0.39 is 0 Å². The van der Waals surface area contributed by atoms with Crippen LogP contribution in [0.4, 0.5) is 5.69 Å². The Labute approximate surface area is 130 Å². The van der Waals surface area contributed by atoms with E-state index >= 15 is 0 Å². The molecule has 1 aliphatic rings. The van der Waals surface area contributed by atoms with Gasteiger partial charge in [0.15, 0.2) is 0 Å². The number of carbonyl (C=O) groups excluding carboxylic acids is 1. The van der Waals surface area contributed by atoms with Crippen molar-refractivity contribution in [1.29, 1.82) is 0 Å². The first-order chi connectivity index (χ1) is 10.7. The molecule has 1 amide bonds. The minimum Gasteiger partial charge on any atom is -0.307 e. The number of hydrogen-bond acceptors (Lipinski definition) is 1. The normalized spacial score (nSPS) is 13.4. The van der Waals surface area contributed by atoms with E-state index in [1.54, 1.807) is 0 Å². The molecule has 3 aromatic carbocycles. The van der Waals surface area contributed by atoms with Gasteiger partial charge in [-0.1, -0.05) is 48.5 Å². The molecule has 0 aromatic heterocycles. The Morgan fingerprint density at radius 2 is 1.77 bits per heavy atom. The summed E-state index contributed by atoms with van der Waals surface area (Å²) < 4.78 is 0. The van der Waals surface area contributed by atoms with Crippen molar-refractivity contribution in [3.05, 3.63) is 77.4 Å². The van der Waals surface area contributed by atoms with Gasteiger partial charge in [0.1, 0.15) is 0 Å². The summed E-state index contributed by atoms with van der Waals surface area (Å²) in [6, 6.07) is 20.4. The second-order valence-electron chi connectivity index (χ2n) is 5.85. The van der Waals surface area contributed by atoms with Crippen LogP contribution in [-0.2, 0) is 6.42 Å². The average molecular weight is 287 g/mol. The smallest absolute Gasteiger partial charge is 0.258 e. The van der Waals surface area contributed by atoms with E-state index in [1.165, 1.54) is 11.1 Å². The molecule has 0 saturated heterocycles. The summed E-state index contributed by atoms with van der Waals surface area (Å²) in [6.45, 7) is 2.84. The van der Waals surface area contributed by atoms with Crippen LogP contribution in [0.5, 0.6) is 0 Å². The quantitative estimate of drug-likeness (QED) is 0.651. The maximum absolute atomic E-state index is 12.9. The van der Waals surface area contributed by atoms with Crippen molar-refractivity contribution < 1.29 is 4.79 Å². The van der Waals surface area contributed by atoms with E-state index in [0.29, 0.717) is 0 Å². The summed E-state index contributed by atoms with van der Waals surface area (Å²) in [5, 5.41) is 2.27. The highest BCUT2D eigenvalue weighted by Crippen LogP contribution is 2.32. The lowest BCUT2D eigenvalue weighted by molar-refractivity contribution is 0.0989. The van der Waals surface area contributed by atoms with Crippen LogP contribution in [-0.4, -0.2) is 12.5 Å². The number of fused-ring (bicyclic) bond motifs is 2. The van der Waals surface area contributed by atoms with Crippen molar-refractivity contribution in [1.82, 2.24) is 0 Å². The molecule has 0 saturated carbocycles. The zero-order valence-electron chi connectivity index (χ0n) is 12.5. The van der Waals surface area contributed by atoms with Crippen LogP contribution >= 0.6 is 0 Å². The molecular formula is C20H17NO. The van der Waals surface area contributed by atoms with Crippen LogP contribution in [0.2, 0.25) is 0 Å². The van der Waals surface area contributed by atoms with E-state index in [4.69, 9.17) is 0 Å². The number of benzene rings is 3. The van der Waals surface area contributed by atoms with Gasteiger partial charge in [-0.05, 0) is 47.4 Å². The molecule has 3 aromatic rings. The summed E-state index contributed by atoms with van der Waals surface area (Å²) in [7, 11) is 0. The number of rotatable bonds is 1. The highest BCUT2D eigenvalue weighted by Gasteiger charge is 2.26. The van der Waals surface area contributed by atoms with Crippen molar-refractivity contribution in [2.24, 2.45) is 0 Å². The third kappa shape index (κ3) is 2.00. The molecule has 0 bridgehead atoms. The second-order valence-corrected chi connectivity index (χ2v) is 5.85. The third-order valence-corrected chi connectivity index (χ3v) is 4.44. The van der Waals surface area contributed by atoms with Gasteiger partial charge in [0.25, 0.3) is 5.91 Å². The van der Waals surface area contributed by atoms with Crippen LogP contribution in [0.15, 0.2) is 60.7 Å². The van der Waals surface area contributed by atoms with Gasteiger partial charge >= 0.3 is 0 Å². The minimum absolute atomic E-state index is 0.0961. The molecule has 4 rings (SSSR count). The molecular weight excluding hydrogens is 270 g/mol. The Hall–Kier alpha value is -2.61. The Balaban J connectivity index is 1.76. The minimum atomic E-state index is 0.0961. The van der Waals surface area contributed by atoms with Crippen molar-refractivity contribution in [3.8, 4) is 0 Å². The summed E-state index contributed by atoms with van der Waals surface area (Å²) in [5.41, 5.74) is 4.30. The lowest BCUT2D eigenvalue weighted by Gasteiger charge is -2.19. The first-order valence-electron chi connectivity index (χ1n) is 7.63. The lowest BCUT2D eigenvalue weighted by Crippen LogP contribution is -2.29. The molecule has 1 heterocycles. The zero-order chi connectivity index (χ0) is 15.1. The highest BCUT2D eigenvalue weighted by molar-refractivity contribution is 6.09. The standard InChI is InChI=1S/C20H17NO/c1-14-5-4-8-16-11-12-21(19(14)16)20(22)18-10-9-15-6-2-3-7-17(15)13-18/h2-10,13H,11-12H2,1H3. The zero-order valence-corrected chi connectivity index (χ0v) is 12.5. The van der Waals surface area contributed by atoms with E-state index in [9.17, 15) is 4.79 Å². The highest BCUT2D eigenvalue weighted by atomic mass is 16.2. The van der Waals surface area contributed by atoms with Crippen molar-refractivity contribution in [2.45, 2.75) is 13.3 Å². The van der Waals surface area contributed by atoms with Crippen molar-refractivity contribution >= 4 is 22.4 Å². The fourth-order valence-electron chi connectivity index (χ4n) is 3.33. The molecule has 0 atom stereocenters. The largest absolute Gasteiger partial charge is 0.307 e. The number of amides is 1.